The van der Waals surface area contributed by atoms with Crippen molar-refractivity contribution in [3.05, 3.63) is 0 Å². The molecule has 2 heterocycles. The Morgan fingerprint density at radius 2 is 2.00 bits per heavy atom. The molecule has 0 aromatic heterocycles. The van der Waals surface area contributed by atoms with Crippen molar-refractivity contribution in [3.8, 4) is 0 Å². The minimum absolute atomic E-state index is 0.00259. The lowest BCUT2D eigenvalue weighted by Crippen LogP contribution is -2.70. The monoisotopic (exact) mass is 231 g/mol. The van der Waals surface area contributed by atoms with E-state index in [4.69, 9.17) is 4.74 Å². The molecule has 2 atom stereocenters. The van der Waals surface area contributed by atoms with Crippen LogP contribution in [0.15, 0.2) is 0 Å². The number of fused-ring (bicyclic) bond motifs is 1. The third-order valence-corrected chi connectivity index (χ3v) is 6.64. The Hall–Kier alpha value is -0.130. The molecule has 3 aliphatic rings. The molecule has 0 bridgehead atoms. The van der Waals surface area contributed by atoms with E-state index in [1.54, 1.807) is 0 Å². The van der Waals surface area contributed by atoms with Gasteiger partial charge in [-0.1, -0.05) is 6.42 Å². The lowest BCUT2D eigenvalue weighted by Gasteiger charge is -2.52. The van der Waals surface area contributed by atoms with Gasteiger partial charge >= 0.3 is 0 Å². The van der Waals surface area contributed by atoms with Crippen LogP contribution in [-0.2, 0) is 14.6 Å². The highest BCUT2D eigenvalue weighted by Gasteiger charge is 2.63. The van der Waals surface area contributed by atoms with Gasteiger partial charge in [-0.05, 0) is 12.8 Å². The van der Waals surface area contributed by atoms with Crippen molar-refractivity contribution in [2.75, 3.05) is 32.1 Å². The standard InChI is InChI=1S/C10H17NO3S/c12-15(13)8-10(3-1-2-9(10)15)11-4-6-14-7-5-11/h9H,1-8H2/t9-,10+/m1/s1. The SMILES string of the molecule is O=S1(=O)C[C@@]2(N3CCOCC3)CCC[C@H]21. The average molecular weight is 231 g/mol. The predicted octanol–water partition coefficient (Wildman–Crippen LogP) is 0.0383. The second kappa shape index (κ2) is 3.18. The minimum Gasteiger partial charge on any atom is -0.379 e. The van der Waals surface area contributed by atoms with Gasteiger partial charge in [0, 0.05) is 13.1 Å². The number of sulfone groups is 1. The molecule has 2 aliphatic heterocycles. The number of hydrogen-bond donors (Lipinski definition) is 0. The molecule has 0 N–H and O–H groups in total. The van der Waals surface area contributed by atoms with Crippen molar-refractivity contribution < 1.29 is 13.2 Å². The van der Waals surface area contributed by atoms with E-state index in [1.165, 1.54) is 0 Å². The minimum atomic E-state index is -2.75. The molecule has 4 nitrogen and oxygen atoms in total. The number of rotatable bonds is 1. The Morgan fingerprint density at radius 1 is 1.27 bits per heavy atom. The molecule has 86 valence electrons. The molecule has 0 radical (unpaired) electrons. The molecule has 0 amide bonds. The summed E-state index contributed by atoms with van der Waals surface area (Å²) in [4.78, 5) is 2.37. The second-order valence-corrected chi connectivity index (χ2v) is 7.07. The first-order valence-electron chi connectivity index (χ1n) is 5.70. The van der Waals surface area contributed by atoms with E-state index in [0.717, 1.165) is 45.6 Å². The van der Waals surface area contributed by atoms with Crippen molar-refractivity contribution in [2.24, 2.45) is 0 Å². The first-order chi connectivity index (χ1) is 7.15. The maximum absolute atomic E-state index is 11.7. The molecule has 0 aromatic carbocycles. The van der Waals surface area contributed by atoms with Gasteiger partial charge in [-0.25, -0.2) is 8.42 Å². The fourth-order valence-electron chi connectivity index (χ4n) is 3.51. The zero-order valence-electron chi connectivity index (χ0n) is 8.81. The molecule has 2 saturated heterocycles. The molecule has 0 unspecified atom stereocenters. The molecule has 5 heteroatoms. The van der Waals surface area contributed by atoms with Crippen LogP contribution in [0.25, 0.3) is 0 Å². The number of nitrogens with zero attached hydrogens (tertiary/aromatic N) is 1. The maximum atomic E-state index is 11.7. The lowest BCUT2D eigenvalue weighted by atomic mass is 9.95. The highest BCUT2D eigenvalue weighted by molar-refractivity contribution is 7.93. The number of hydrogen-bond acceptors (Lipinski definition) is 4. The van der Waals surface area contributed by atoms with Gasteiger partial charge in [0.05, 0.1) is 29.8 Å². The summed E-state index contributed by atoms with van der Waals surface area (Å²) in [5, 5.41) is -0.0666. The van der Waals surface area contributed by atoms with Crippen molar-refractivity contribution in [1.82, 2.24) is 4.90 Å². The van der Waals surface area contributed by atoms with E-state index in [2.05, 4.69) is 4.90 Å². The quantitative estimate of drug-likeness (QED) is 0.639. The van der Waals surface area contributed by atoms with Crippen LogP contribution in [0, 0.1) is 0 Å². The Morgan fingerprint density at radius 3 is 2.67 bits per heavy atom. The highest BCUT2D eigenvalue weighted by atomic mass is 32.2. The summed E-state index contributed by atoms with van der Waals surface area (Å²) >= 11 is 0. The van der Waals surface area contributed by atoms with Crippen LogP contribution in [0.1, 0.15) is 19.3 Å². The van der Waals surface area contributed by atoms with Crippen molar-refractivity contribution in [2.45, 2.75) is 30.1 Å². The van der Waals surface area contributed by atoms with E-state index in [1.807, 2.05) is 0 Å². The first-order valence-corrected chi connectivity index (χ1v) is 7.41. The van der Waals surface area contributed by atoms with Crippen LogP contribution in [0.5, 0.6) is 0 Å². The second-order valence-electron chi connectivity index (χ2n) is 4.89. The van der Waals surface area contributed by atoms with Crippen LogP contribution in [-0.4, -0.2) is 56.2 Å². The normalized spacial score (nSPS) is 44.7. The lowest BCUT2D eigenvalue weighted by molar-refractivity contribution is -0.0175. The zero-order chi connectivity index (χ0) is 10.5. The van der Waals surface area contributed by atoms with E-state index in [9.17, 15) is 8.42 Å². The maximum Gasteiger partial charge on any atom is 0.156 e. The Balaban J connectivity index is 1.85. The third-order valence-electron chi connectivity index (χ3n) is 4.20. The van der Waals surface area contributed by atoms with Gasteiger partial charge in [-0.3, -0.25) is 4.90 Å². The molecule has 1 saturated carbocycles. The van der Waals surface area contributed by atoms with E-state index in [0.29, 0.717) is 5.75 Å². The summed E-state index contributed by atoms with van der Waals surface area (Å²) in [6, 6.07) is 0. The largest absolute Gasteiger partial charge is 0.379 e. The third kappa shape index (κ3) is 1.29. The van der Waals surface area contributed by atoms with E-state index < -0.39 is 9.84 Å². The van der Waals surface area contributed by atoms with Gasteiger partial charge in [-0.2, -0.15) is 0 Å². The topological polar surface area (TPSA) is 46.6 Å². The molecular formula is C10H17NO3S. The summed E-state index contributed by atoms with van der Waals surface area (Å²) < 4.78 is 28.7. The molecular weight excluding hydrogens is 214 g/mol. The highest BCUT2D eigenvalue weighted by Crippen LogP contribution is 2.49. The average Bonchev–Trinajstić information content (AvgIpc) is 2.59. The Bertz CT molecular complexity index is 361. The molecule has 3 fully saturated rings. The number of ether oxygens (including phenoxy) is 1. The van der Waals surface area contributed by atoms with Crippen LogP contribution in [0.3, 0.4) is 0 Å². The Labute approximate surface area is 90.5 Å². The molecule has 3 rings (SSSR count). The summed E-state index contributed by atoms with van der Waals surface area (Å²) in [7, 11) is -2.75. The van der Waals surface area contributed by atoms with Crippen LogP contribution in [0.4, 0.5) is 0 Å². The van der Waals surface area contributed by atoms with Crippen molar-refractivity contribution >= 4 is 9.84 Å². The van der Waals surface area contributed by atoms with Gasteiger partial charge in [0.2, 0.25) is 0 Å². The molecule has 0 spiro atoms. The molecule has 15 heavy (non-hydrogen) atoms. The predicted molar refractivity (Wildman–Crippen MR) is 56.5 cm³/mol. The summed E-state index contributed by atoms with van der Waals surface area (Å²) in [5.41, 5.74) is 0.00259. The van der Waals surface area contributed by atoms with Crippen LogP contribution >= 0.6 is 0 Å². The van der Waals surface area contributed by atoms with Gasteiger partial charge in [-0.15, -0.1) is 0 Å². The van der Waals surface area contributed by atoms with Crippen LogP contribution < -0.4 is 0 Å². The first kappa shape index (κ1) is 10.1. The number of morpholine rings is 1. The van der Waals surface area contributed by atoms with E-state index in [-0.39, 0.29) is 10.8 Å². The summed E-state index contributed by atoms with van der Waals surface area (Å²) in [6.45, 7) is 3.33. The van der Waals surface area contributed by atoms with Crippen LogP contribution in [0.2, 0.25) is 0 Å². The summed E-state index contributed by atoms with van der Waals surface area (Å²) in [6.07, 6.45) is 3.01. The van der Waals surface area contributed by atoms with Crippen molar-refractivity contribution in [3.63, 3.8) is 0 Å². The molecule has 1 aliphatic carbocycles. The Kier molecular flexibility index (Phi) is 2.13. The summed E-state index contributed by atoms with van der Waals surface area (Å²) in [5.74, 6) is 0.394. The molecule has 0 aromatic rings. The zero-order valence-corrected chi connectivity index (χ0v) is 9.63. The van der Waals surface area contributed by atoms with Crippen molar-refractivity contribution in [1.29, 1.82) is 0 Å². The van der Waals surface area contributed by atoms with E-state index >= 15 is 0 Å². The van der Waals surface area contributed by atoms with Gasteiger partial charge < -0.3 is 4.74 Å². The smallest absolute Gasteiger partial charge is 0.156 e. The van der Waals surface area contributed by atoms with Gasteiger partial charge in [0.1, 0.15) is 0 Å². The van der Waals surface area contributed by atoms with Gasteiger partial charge in [0.25, 0.3) is 0 Å². The van der Waals surface area contributed by atoms with Gasteiger partial charge in [0.15, 0.2) is 9.84 Å². The fourth-order valence-corrected chi connectivity index (χ4v) is 6.19. The fraction of sp³-hybridized carbons (Fsp3) is 1.00.